The fraction of sp³-hybridized carbons (Fsp3) is 0.357. The molecular weight excluding hydrogens is 296 g/mol. The Morgan fingerprint density at radius 2 is 2.16 bits per heavy atom. The first-order valence-electron chi connectivity index (χ1n) is 6.29. The van der Waals surface area contributed by atoms with Crippen LogP contribution in [0.15, 0.2) is 30.5 Å². The minimum atomic E-state index is 0.851. The van der Waals surface area contributed by atoms with Crippen molar-refractivity contribution in [1.82, 2.24) is 4.98 Å². The maximum absolute atomic E-state index is 6.13. The highest BCUT2D eigenvalue weighted by Crippen LogP contribution is 2.26. The lowest BCUT2D eigenvalue weighted by atomic mass is 10.2. The molecule has 0 aliphatic carbocycles. The second-order valence-electron chi connectivity index (χ2n) is 4.14. The number of nitrogens with one attached hydrogen (secondary N) is 1. The van der Waals surface area contributed by atoms with E-state index in [-0.39, 0.29) is 0 Å². The molecule has 2 nitrogen and oxygen atoms in total. The summed E-state index contributed by atoms with van der Waals surface area (Å²) in [6.07, 6.45) is 3.08. The van der Waals surface area contributed by atoms with Gasteiger partial charge < -0.3 is 5.32 Å². The molecule has 0 radical (unpaired) electrons. The van der Waals surface area contributed by atoms with Gasteiger partial charge in [-0.1, -0.05) is 36.7 Å². The van der Waals surface area contributed by atoms with Crippen LogP contribution in [0.5, 0.6) is 0 Å². The highest BCUT2D eigenvalue weighted by Gasteiger charge is 2.03. The van der Waals surface area contributed by atoms with Crippen molar-refractivity contribution in [1.29, 1.82) is 0 Å². The van der Waals surface area contributed by atoms with E-state index in [4.69, 9.17) is 11.6 Å². The number of benzene rings is 1. The largest absolute Gasteiger partial charge is 0.362 e. The van der Waals surface area contributed by atoms with Crippen LogP contribution in [0.2, 0.25) is 5.02 Å². The molecular formula is C14H17ClN2S2. The molecule has 0 saturated heterocycles. The van der Waals surface area contributed by atoms with E-state index in [0.29, 0.717) is 0 Å². The van der Waals surface area contributed by atoms with Crippen molar-refractivity contribution in [2.45, 2.75) is 24.9 Å². The molecule has 19 heavy (non-hydrogen) atoms. The Labute approximate surface area is 127 Å². The normalized spacial score (nSPS) is 10.6. The second-order valence-corrected chi connectivity index (χ2v) is 6.65. The van der Waals surface area contributed by atoms with E-state index in [1.807, 2.05) is 36.2 Å². The molecule has 0 aliphatic heterocycles. The van der Waals surface area contributed by atoms with E-state index < -0.39 is 0 Å². The fourth-order valence-electron chi connectivity index (χ4n) is 1.56. The van der Waals surface area contributed by atoms with Crippen molar-refractivity contribution in [3.8, 4) is 0 Å². The average molecular weight is 313 g/mol. The zero-order chi connectivity index (χ0) is 13.5. The zero-order valence-electron chi connectivity index (χ0n) is 10.9. The summed E-state index contributed by atoms with van der Waals surface area (Å²) in [5.74, 6) is 1.92. The first-order valence-corrected chi connectivity index (χ1v) is 8.64. The topological polar surface area (TPSA) is 24.9 Å². The smallest absolute Gasteiger partial charge is 0.182 e. The van der Waals surface area contributed by atoms with E-state index in [0.717, 1.165) is 34.6 Å². The molecule has 1 aromatic heterocycles. The lowest BCUT2D eigenvalue weighted by Crippen LogP contribution is -1.97. The molecule has 1 aromatic carbocycles. The predicted molar refractivity (Wildman–Crippen MR) is 87.3 cm³/mol. The molecule has 0 bridgehead atoms. The number of halogens is 1. The molecule has 102 valence electrons. The fourth-order valence-corrected chi connectivity index (χ4v) is 3.82. The van der Waals surface area contributed by atoms with E-state index in [1.54, 1.807) is 11.3 Å². The SMILES string of the molecule is CCCNc1ncc(CSCc2ccccc2Cl)s1. The van der Waals surface area contributed by atoms with Crippen molar-refractivity contribution in [3.63, 3.8) is 0 Å². The molecule has 0 amide bonds. The van der Waals surface area contributed by atoms with Gasteiger partial charge in [0, 0.05) is 34.1 Å². The Hall–Kier alpha value is -0.710. The van der Waals surface area contributed by atoms with Gasteiger partial charge in [-0.2, -0.15) is 11.8 Å². The highest BCUT2D eigenvalue weighted by molar-refractivity contribution is 7.97. The number of hydrogen-bond acceptors (Lipinski definition) is 4. The Balaban J connectivity index is 1.79. The number of thioether (sulfide) groups is 1. The quantitative estimate of drug-likeness (QED) is 0.774. The molecule has 0 fully saturated rings. The minimum Gasteiger partial charge on any atom is -0.362 e. The number of anilines is 1. The molecule has 2 aromatic rings. The summed E-state index contributed by atoms with van der Waals surface area (Å²) in [6, 6.07) is 8.01. The van der Waals surface area contributed by atoms with Crippen LogP contribution in [0.3, 0.4) is 0 Å². The van der Waals surface area contributed by atoms with Crippen LogP contribution in [0, 0.1) is 0 Å². The van der Waals surface area contributed by atoms with Crippen LogP contribution in [0.4, 0.5) is 5.13 Å². The summed E-state index contributed by atoms with van der Waals surface area (Å²) in [6.45, 7) is 3.14. The molecule has 0 aliphatic rings. The monoisotopic (exact) mass is 312 g/mol. The van der Waals surface area contributed by atoms with Gasteiger partial charge in [0.05, 0.1) is 0 Å². The van der Waals surface area contributed by atoms with Crippen LogP contribution in [-0.4, -0.2) is 11.5 Å². The molecule has 0 spiro atoms. The summed E-state index contributed by atoms with van der Waals surface area (Å²) in [7, 11) is 0. The van der Waals surface area contributed by atoms with Crippen LogP contribution in [-0.2, 0) is 11.5 Å². The zero-order valence-corrected chi connectivity index (χ0v) is 13.2. The highest BCUT2D eigenvalue weighted by atomic mass is 35.5. The summed E-state index contributed by atoms with van der Waals surface area (Å²) < 4.78 is 0. The van der Waals surface area contributed by atoms with E-state index >= 15 is 0 Å². The molecule has 0 atom stereocenters. The summed E-state index contributed by atoms with van der Waals surface area (Å²) >= 11 is 9.74. The van der Waals surface area contributed by atoms with Crippen molar-refractivity contribution >= 4 is 39.8 Å². The van der Waals surface area contributed by atoms with Gasteiger partial charge in [0.2, 0.25) is 0 Å². The van der Waals surface area contributed by atoms with E-state index in [2.05, 4.69) is 23.3 Å². The summed E-state index contributed by atoms with van der Waals surface area (Å²) in [5.41, 5.74) is 1.20. The molecule has 1 heterocycles. The average Bonchev–Trinajstić information content (AvgIpc) is 2.86. The molecule has 2 rings (SSSR count). The number of nitrogens with zero attached hydrogens (tertiary/aromatic N) is 1. The Kier molecular flexibility index (Phi) is 6.01. The van der Waals surface area contributed by atoms with Crippen molar-refractivity contribution in [2.24, 2.45) is 0 Å². The van der Waals surface area contributed by atoms with E-state index in [9.17, 15) is 0 Å². The van der Waals surface area contributed by atoms with Gasteiger partial charge in [-0.3, -0.25) is 0 Å². The van der Waals surface area contributed by atoms with Gasteiger partial charge in [0.15, 0.2) is 5.13 Å². The van der Waals surface area contributed by atoms with Crippen molar-refractivity contribution in [3.05, 3.63) is 45.9 Å². The number of aromatic nitrogens is 1. The maximum atomic E-state index is 6.13. The lowest BCUT2D eigenvalue weighted by Gasteiger charge is -2.02. The maximum Gasteiger partial charge on any atom is 0.182 e. The van der Waals surface area contributed by atoms with Gasteiger partial charge >= 0.3 is 0 Å². The third-order valence-corrected chi connectivity index (χ3v) is 5.08. The van der Waals surface area contributed by atoms with Gasteiger partial charge in [-0.15, -0.1) is 11.3 Å². The lowest BCUT2D eigenvalue weighted by molar-refractivity contribution is 0.976. The number of thiazole rings is 1. The predicted octanol–water partition coefficient (Wildman–Crippen LogP) is 5.05. The van der Waals surface area contributed by atoms with Crippen LogP contribution in [0.25, 0.3) is 0 Å². The van der Waals surface area contributed by atoms with Gasteiger partial charge in [0.25, 0.3) is 0 Å². The molecule has 1 N–H and O–H groups in total. The third kappa shape index (κ3) is 4.71. The van der Waals surface area contributed by atoms with Gasteiger partial charge in [-0.05, 0) is 18.1 Å². The molecule has 0 saturated carbocycles. The first kappa shape index (κ1) is 14.7. The summed E-state index contributed by atoms with van der Waals surface area (Å²) in [5, 5.41) is 5.18. The van der Waals surface area contributed by atoms with Crippen LogP contribution < -0.4 is 5.32 Å². The van der Waals surface area contributed by atoms with Crippen LogP contribution in [0.1, 0.15) is 23.8 Å². The third-order valence-electron chi connectivity index (χ3n) is 2.54. The van der Waals surface area contributed by atoms with Crippen molar-refractivity contribution in [2.75, 3.05) is 11.9 Å². The van der Waals surface area contributed by atoms with Crippen molar-refractivity contribution < 1.29 is 0 Å². The Morgan fingerprint density at radius 3 is 2.95 bits per heavy atom. The number of hydrogen-bond donors (Lipinski definition) is 1. The number of rotatable bonds is 7. The van der Waals surface area contributed by atoms with Gasteiger partial charge in [-0.25, -0.2) is 4.98 Å². The second kappa shape index (κ2) is 7.78. The van der Waals surface area contributed by atoms with Gasteiger partial charge in [0.1, 0.15) is 0 Å². The standard InChI is InChI=1S/C14H17ClN2S2/c1-2-7-16-14-17-8-12(19-14)10-18-9-11-5-3-4-6-13(11)15/h3-6,8H,2,7,9-10H2,1H3,(H,16,17). The van der Waals surface area contributed by atoms with E-state index in [1.165, 1.54) is 10.4 Å². The Bertz CT molecular complexity index is 514. The van der Waals surface area contributed by atoms with Crippen LogP contribution >= 0.6 is 34.7 Å². The molecule has 5 heteroatoms. The Morgan fingerprint density at radius 1 is 1.32 bits per heavy atom. The molecule has 0 unspecified atom stereocenters. The summed E-state index contributed by atoms with van der Waals surface area (Å²) in [4.78, 5) is 5.67. The minimum absolute atomic E-state index is 0.851. The first-order chi connectivity index (χ1) is 9.29.